The van der Waals surface area contributed by atoms with E-state index in [1.165, 1.54) is 25.1 Å². The summed E-state index contributed by atoms with van der Waals surface area (Å²) in [6, 6.07) is 9.73. The lowest BCUT2D eigenvalue weighted by Crippen LogP contribution is -2.35. The summed E-state index contributed by atoms with van der Waals surface area (Å²) in [4.78, 5) is 24.3. The number of nitrogens with one attached hydrogen (secondary N) is 1. The average Bonchev–Trinajstić information content (AvgIpc) is 3.06. The van der Waals surface area contributed by atoms with Gasteiger partial charge in [0.1, 0.15) is 0 Å². The Morgan fingerprint density at radius 3 is 2.54 bits per heavy atom. The average molecular weight is 396 g/mol. The number of halogens is 2. The number of hydrogen-bond donors (Lipinski definition) is 1. The van der Waals surface area contributed by atoms with Gasteiger partial charge in [-0.1, -0.05) is 29.3 Å². The molecule has 3 rings (SSSR count). The minimum Gasteiger partial charge on any atom is -0.454 e. The summed E-state index contributed by atoms with van der Waals surface area (Å²) in [5.74, 6) is 0.195. The lowest BCUT2D eigenvalue weighted by molar-refractivity contribution is -0.129. The van der Waals surface area contributed by atoms with Gasteiger partial charge in [0.15, 0.2) is 17.6 Å². The van der Waals surface area contributed by atoms with Crippen LogP contribution >= 0.6 is 23.2 Å². The van der Waals surface area contributed by atoms with Gasteiger partial charge in [0, 0.05) is 16.6 Å². The van der Waals surface area contributed by atoms with Crippen LogP contribution in [0.1, 0.15) is 22.8 Å². The van der Waals surface area contributed by atoms with Gasteiger partial charge in [0.25, 0.3) is 5.91 Å². The van der Waals surface area contributed by atoms with E-state index in [4.69, 9.17) is 37.4 Å². The van der Waals surface area contributed by atoms with Crippen LogP contribution in [-0.4, -0.2) is 24.8 Å². The van der Waals surface area contributed by atoms with Gasteiger partial charge in [0.2, 0.25) is 6.79 Å². The van der Waals surface area contributed by atoms with E-state index >= 15 is 0 Å². The van der Waals surface area contributed by atoms with Crippen molar-refractivity contribution in [3.05, 3.63) is 57.6 Å². The SMILES string of the molecule is C[C@@H](OC(=O)c1cc(Cl)cc(Cl)c1)C(=O)NCc1ccc2c(c1)OCO2. The van der Waals surface area contributed by atoms with E-state index in [1.807, 2.05) is 6.07 Å². The van der Waals surface area contributed by atoms with E-state index in [9.17, 15) is 9.59 Å². The number of carbonyl (C=O) groups excluding carboxylic acids is 2. The fourth-order valence-electron chi connectivity index (χ4n) is 2.34. The fourth-order valence-corrected chi connectivity index (χ4v) is 2.86. The smallest absolute Gasteiger partial charge is 0.339 e. The molecule has 1 N–H and O–H groups in total. The van der Waals surface area contributed by atoms with E-state index < -0.39 is 18.0 Å². The molecule has 0 bridgehead atoms. The standard InChI is InChI=1S/C18H15Cl2NO5/c1-10(26-18(23)12-5-13(19)7-14(20)6-12)17(22)21-8-11-2-3-15-16(4-11)25-9-24-15/h2-7,10H,8-9H2,1H3,(H,21,22)/t10-/m1/s1. The minimum atomic E-state index is -0.978. The lowest BCUT2D eigenvalue weighted by Gasteiger charge is -2.14. The molecule has 0 spiro atoms. The molecule has 0 saturated carbocycles. The van der Waals surface area contributed by atoms with Crippen LogP contribution in [0, 0.1) is 0 Å². The predicted octanol–water partition coefficient (Wildman–Crippen LogP) is 3.58. The second-order valence-electron chi connectivity index (χ2n) is 5.61. The molecule has 1 heterocycles. The van der Waals surface area contributed by atoms with E-state index in [0.717, 1.165) is 5.56 Å². The van der Waals surface area contributed by atoms with Crippen molar-refractivity contribution >= 4 is 35.1 Å². The lowest BCUT2D eigenvalue weighted by atomic mass is 10.2. The van der Waals surface area contributed by atoms with E-state index in [0.29, 0.717) is 21.5 Å². The summed E-state index contributed by atoms with van der Waals surface area (Å²) in [5.41, 5.74) is 1.01. The van der Waals surface area contributed by atoms with Crippen molar-refractivity contribution in [2.24, 2.45) is 0 Å². The molecule has 26 heavy (non-hydrogen) atoms. The molecule has 1 aliphatic rings. The Balaban J connectivity index is 1.55. The Bertz CT molecular complexity index is 835. The monoisotopic (exact) mass is 395 g/mol. The van der Waals surface area contributed by atoms with E-state index in [2.05, 4.69) is 5.32 Å². The molecule has 0 fully saturated rings. The van der Waals surface area contributed by atoms with Gasteiger partial charge < -0.3 is 19.5 Å². The van der Waals surface area contributed by atoms with E-state index in [-0.39, 0.29) is 18.9 Å². The number of esters is 1. The van der Waals surface area contributed by atoms with Gasteiger partial charge >= 0.3 is 5.97 Å². The maximum absolute atomic E-state index is 12.2. The predicted molar refractivity (Wildman–Crippen MR) is 95.8 cm³/mol. The molecule has 8 heteroatoms. The number of rotatable bonds is 5. The number of amides is 1. The summed E-state index contributed by atoms with van der Waals surface area (Å²) in [6.45, 7) is 1.94. The van der Waals surface area contributed by atoms with Crippen molar-refractivity contribution in [3.8, 4) is 11.5 Å². The molecule has 0 unspecified atom stereocenters. The molecule has 1 aliphatic heterocycles. The van der Waals surface area contributed by atoms with Crippen LogP contribution in [0.3, 0.4) is 0 Å². The highest BCUT2D eigenvalue weighted by atomic mass is 35.5. The van der Waals surface area contributed by atoms with Crippen molar-refractivity contribution in [1.29, 1.82) is 0 Å². The second kappa shape index (κ2) is 7.85. The van der Waals surface area contributed by atoms with Gasteiger partial charge in [-0.25, -0.2) is 4.79 Å². The van der Waals surface area contributed by atoms with Crippen molar-refractivity contribution < 1.29 is 23.8 Å². The number of benzene rings is 2. The quantitative estimate of drug-likeness (QED) is 0.783. The molecule has 0 aromatic heterocycles. The molecule has 0 saturated heterocycles. The summed E-state index contributed by atoms with van der Waals surface area (Å²) >= 11 is 11.7. The van der Waals surface area contributed by atoms with Gasteiger partial charge in [-0.2, -0.15) is 0 Å². The zero-order valence-corrected chi connectivity index (χ0v) is 15.3. The summed E-state index contributed by atoms with van der Waals surface area (Å²) in [5, 5.41) is 3.32. The molecule has 0 aliphatic carbocycles. The summed E-state index contributed by atoms with van der Waals surface area (Å²) in [7, 11) is 0. The van der Waals surface area contributed by atoms with Crippen LogP contribution in [0.5, 0.6) is 11.5 Å². The van der Waals surface area contributed by atoms with Crippen molar-refractivity contribution in [2.45, 2.75) is 19.6 Å². The third-order valence-corrected chi connectivity index (χ3v) is 4.09. The molecular formula is C18H15Cl2NO5. The van der Waals surface area contributed by atoms with Crippen LogP contribution < -0.4 is 14.8 Å². The van der Waals surface area contributed by atoms with Crippen molar-refractivity contribution in [3.63, 3.8) is 0 Å². The first kappa shape index (κ1) is 18.4. The summed E-state index contributed by atoms with van der Waals surface area (Å²) in [6.07, 6.45) is -0.978. The first-order chi connectivity index (χ1) is 12.4. The molecule has 2 aromatic carbocycles. The largest absolute Gasteiger partial charge is 0.454 e. The molecular weight excluding hydrogens is 381 g/mol. The topological polar surface area (TPSA) is 73.9 Å². The van der Waals surface area contributed by atoms with Crippen LogP contribution in [0.25, 0.3) is 0 Å². The molecule has 1 atom stereocenters. The van der Waals surface area contributed by atoms with Gasteiger partial charge in [0.05, 0.1) is 5.56 Å². The van der Waals surface area contributed by atoms with Crippen molar-refractivity contribution in [2.75, 3.05) is 6.79 Å². The van der Waals surface area contributed by atoms with Crippen LogP contribution in [0.15, 0.2) is 36.4 Å². The third kappa shape index (κ3) is 4.39. The zero-order chi connectivity index (χ0) is 18.7. The fraction of sp³-hybridized carbons (Fsp3) is 0.222. The minimum absolute atomic E-state index is 0.179. The Morgan fingerprint density at radius 2 is 1.81 bits per heavy atom. The molecule has 1 amide bonds. The second-order valence-corrected chi connectivity index (χ2v) is 6.48. The van der Waals surface area contributed by atoms with Crippen LogP contribution in [0.4, 0.5) is 0 Å². The molecule has 6 nitrogen and oxygen atoms in total. The van der Waals surface area contributed by atoms with Crippen LogP contribution in [-0.2, 0) is 16.1 Å². The van der Waals surface area contributed by atoms with Gasteiger partial charge in [-0.3, -0.25) is 4.79 Å². The van der Waals surface area contributed by atoms with Gasteiger partial charge in [-0.15, -0.1) is 0 Å². The first-order valence-electron chi connectivity index (χ1n) is 7.75. The molecule has 136 valence electrons. The number of carbonyl (C=O) groups is 2. The van der Waals surface area contributed by atoms with Crippen LogP contribution in [0.2, 0.25) is 10.0 Å². The highest BCUT2D eigenvalue weighted by Crippen LogP contribution is 2.32. The summed E-state index contributed by atoms with van der Waals surface area (Å²) < 4.78 is 15.7. The number of ether oxygens (including phenoxy) is 3. The maximum atomic E-state index is 12.2. The number of fused-ring (bicyclic) bond motifs is 1. The third-order valence-electron chi connectivity index (χ3n) is 3.66. The Kier molecular flexibility index (Phi) is 5.54. The van der Waals surface area contributed by atoms with Gasteiger partial charge in [-0.05, 0) is 42.8 Å². The first-order valence-corrected chi connectivity index (χ1v) is 8.51. The molecule has 0 radical (unpaired) electrons. The normalized spacial score (nSPS) is 13.2. The Hall–Kier alpha value is -2.44. The number of hydrogen-bond acceptors (Lipinski definition) is 5. The van der Waals surface area contributed by atoms with Crippen molar-refractivity contribution in [1.82, 2.24) is 5.32 Å². The highest BCUT2D eigenvalue weighted by Gasteiger charge is 2.20. The maximum Gasteiger partial charge on any atom is 0.339 e. The van der Waals surface area contributed by atoms with E-state index in [1.54, 1.807) is 12.1 Å². The Labute approximate surface area is 159 Å². The highest BCUT2D eigenvalue weighted by molar-refractivity contribution is 6.35. The molecule has 2 aromatic rings. The Morgan fingerprint density at radius 1 is 1.12 bits per heavy atom. The zero-order valence-electron chi connectivity index (χ0n) is 13.8.